The van der Waals surface area contributed by atoms with Crippen molar-refractivity contribution in [2.75, 3.05) is 0 Å². The Morgan fingerprint density at radius 1 is 0.326 bits per heavy atom. The molecule has 43 heavy (non-hydrogen) atoms. The van der Waals surface area contributed by atoms with Gasteiger partial charge in [-0.25, -0.2) is 0 Å². The molecule has 13 heteroatoms. The van der Waals surface area contributed by atoms with Crippen molar-refractivity contribution >= 4 is 63.3 Å². The summed E-state index contributed by atoms with van der Waals surface area (Å²) in [7, 11) is -0.723. The van der Waals surface area contributed by atoms with Gasteiger partial charge in [0.1, 0.15) is 0 Å². The maximum absolute atomic E-state index is 7.10. The van der Waals surface area contributed by atoms with Gasteiger partial charge in [-0.05, 0) is 86.9 Å². The van der Waals surface area contributed by atoms with Crippen LogP contribution >= 0.6 is 30.3 Å². The van der Waals surface area contributed by atoms with Crippen LogP contribution in [0.2, 0.25) is 0 Å². The molecule has 0 spiro atoms. The molecule has 0 amide bonds. The molecule has 0 aromatic rings. The molecule has 0 radical (unpaired) electrons. The van der Waals surface area contributed by atoms with Gasteiger partial charge < -0.3 is 26.6 Å². The molecule has 0 aromatic carbocycles. The summed E-state index contributed by atoms with van der Waals surface area (Å²) < 4.78 is 42.6. The zero-order chi connectivity index (χ0) is 29.2. The van der Waals surface area contributed by atoms with E-state index < -0.39 is 33.0 Å². The van der Waals surface area contributed by atoms with Gasteiger partial charge in [-0.3, -0.25) is 0 Å². The van der Waals surface area contributed by atoms with E-state index in [1.807, 2.05) is 9.83 Å². The van der Waals surface area contributed by atoms with Crippen LogP contribution in [0.3, 0.4) is 0 Å². The predicted octanol–water partition coefficient (Wildman–Crippen LogP) is 7.81. The lowest BCUT2D eigenvalue weighted by molar-refractivity contribution is 0.00101. The van der Waals surface area contributed by atoms with Gasteiger partial charge in [0.25, 0.3) is 0 Å². The minimum Gasteiger partial charge on any atom is -0.373 e. The van der Waals surface area contributed by atoms with Crippen LogP contribution in [0.15, 0.2) is 0 Å². The molecule has 0 bridgehead atoms. The van der Waals surface area contributed by atoms with Crippen LogP contribution in [0.5, 0.6) is 0 Å². The number of rotatable bonds is 18. The molecule has 6 aliphatic carbocycles. The first-order valence-corrected chi connectivity index (χ1v) is 33.5. The lowest BCUT2D eigenvalue weighted by atomic mass is 10.3. The Morgan fingerprint density at radius 2 is 0.512 bits per heavy atom. The van der Waals surface area contributed by atoms with Crippen LogP contribution in [0.25, 0.3) is 0 Å². The minimum atomic E-state index is -2.67. The van der Waals surface area contributed by atoms with Crippen LogP contribution in [-0.4, -0.2) is 69.6 Å². The van der Waals surface area contributed by atoms with E-state index in [1.165, 1.54) is 154 Å². The van der Waals surface area contributed by atoms with Crippen molar-refractivity contribution in [3.63, 3.8) is 0 Å². The molecule has 6 aliphatic rings. The molecule has 248 valence electrons. The zero-order valence-corrected chi connectivity index (χ0v) is 33.8. The predicted molar refractivity (Wildman–Crippen MR) is 191 cm³/mol. The minimum absolute atomic E-state index is 0.356. The fourth-order valence-electron chi connectivity index (χ4n) is 8.16. The van der Waals surface area contributed by atoms with Crippen molar-refractivity contribution in [3.05, 3.63) is 0 Å². The van der Waals surface area contributed by atoms with Crippen molar-refractivity contribution in [3.8, 4) is 0 Å². The monoisotopic (exact) mass is 722 g/mol. The molecule has 0 aliphatic heterocycles. The third kappa shape index (κ3) is 10.8. The van der Waals surface area contributed by atoms with Gasteiger partial charge in [-0.1, -0.05) is 77.0 Å². The maximum atomic E-state index is 7.10. The van der Waals surface area contributed by atoms with Crippen molar-refractivity contribution in [2.24, 2.45) is 0 Å². The molecule has 6 rings (SSSR count). The van der Waals surface area contributed by atoms with E-state index >= 15 is 0 Å². The second-order valence-electron chi connectivity index (χ2n) is 14.1. The van der Waals surface area contributed by atoms with Gasteiger partial charge in [0.2, 0.25) is 0 Å². The summed E-state index contributed by atoms with van der Waals surface area (Å²) in [5.41, 5.74) is 0. The average molecular weight is 723 g/mol. The molecule has 0 aromatic heterocycles. The molecular weight excluding hydrogens is 665 g/mol. The van der Waals surface area contributed by atoms with Crippen molar-refractivity contribution in [1.82, 2.24) is 0 Å². The molecular formula is C30H58O6S3Si4. The van der Waals surface area contributed by atoms with Crippen LogP contribution in [0.4, 0.5) is 0 Å². The van der Waals surface area contributed by atoms with E-state index in [1.54, 1.807) is 0 Å². The quantitative estimate of drug-likeness (QED) is 0.0802. The first kappa shape index (κ1) is 34.5. The average Bonchev–Trinajstić information content (AvgIpc) is 3.82. The summed E-state index contributed by atoms with van der Waals surface area (Å²) in [6.07, 6.45) is 31.9. The van der Waals surface area contributed by atoms with E-state index in [4.69, 9.17) is 26.6 Å². The maximum Gasteiger partial charge on any atom is 0.476 e. The summed E-state index contributed by atoms with van der Waals surface area (Å²) in [6.45, 7) is 0. The second-order valence-corrected chi connectivity index (χ2v) is 38.8. The number of hydrogen-bond acceptors (Lipinski definition) is 9. The molecule has 0 N–H and O–H groups in total. The van der Waals surface area contributed by atoms with E-state index in [9.17, 15) is 0 Å². The Balaban J connectivity index is 1.11. The Labute approximate surface area is 279 Å². The van der Waals surface area contributed by atoms with Crippen LogP contribution in [0.1, 0.15) is 154 Å². The highest BCUT2D eigenvalue weighted by molar-refractivity contribution is 9.18. The Hall–Kier alpha value is 1.68. The highest BCUT2D eigenvalue weighted by atomic mass is 33.6. The summed E-state index contributed by atoms with van der Waals surface area (Å²) in [4.78, 5) is 0. The third-order valence-electron chi connectivity index (χ3n) is 10.5. The summed E-state index contributed by atoms with van der Waals surface area (Å²) in [6, 6.07) is 0. The van der Waals surface area contributed by atoms with Crippen molar-refractivity contribution in [1.29, 1.82) is 0 Å². The van der Waals surface area contributed by atoms with Gasteiger partial charge in [-0.2, -0.15) is 0 Å². The van der Waals surface area contributed by atoms with Gasteiger partial charge in [0, 0.05) is 36.6 Å². The fraction of sp³-hybridized carbons (Fsp3) is 1.00. The molecule has 0 atom stereocenters. The third-order valence-corrected chi connectivity index (χ3v) is 43.9. The van der Waals surface area contributed by atoms with E-state index in [0.29, 0.717) is 36.6 Å². The highest BCUT2D eigenvalue weighted by Gasteiger charge is 2.50. The Morgan fingerprint density at radius 3 is 0.698 bits per heavy atom. The largest absolute Gasteiger partial charge is 0.476 e. The standard InChI is InChI=1S/C30H58O6S3Si4/c1-2-14-25(13-1)31-42(32-26-15-3-4-16-26,33-27-17-5-6-18-27)40-38-37-39-41-43(34-28-19-7-8-20-28,35-29-21-9-10-22-29)36-30-23-11-12-24-30/h25-30H,1-24,40-41H2. The summed E-state index contributed by atoms with van der Waals surface area (Å²) >= 11 is 0. The molecule has 0 saturated heterocycles. The topological polar surface area (TPSA) is 55.4 Å². The SMILES string of the molecule is C1CCC(O[Si](OC2CCCC2)(OC2CCCC2)[SiH2]SSS[SiH2][Si](OC2CCCC2)(OC2CCCC2)OC2CCCC2)C1. The molecule has 6 saturated carbocycles. The Kier molecular flexibility index (Phi) is 14.4. The summed E-state index contributed by atoms with van der Waals surface area (Å²) in [5, 5.41) is 0. The first-order valence-electron chi connectivity index (χ1n) is 18.2. The second kappa shape index (κ2) is 17.9. The van der Waals surface area contributed by atoms with Crippen molar-refractivity contribution < 1.29 is 26.6 Å². The fourth-order valence-corrected chi connectivity index (χ4v) is 53.9. The van der Waals surface area contributed by atoms with Crippen LogP contribution < -0.4 is 0 Å². The van der Waals surface area contributed by atoms with Gasteiger partial charge in [0.15, 0.2) is 16.4 Å². The molecule has 6 nitrogen and oxygen atoms in total. The summed E-state index contributed by atoms with van der Waals surface area (Å²) in [5.74, 6) is 0. The lowest BCUT2D eigenvalue weighted by Crippen LogP contribution is -2.56. The van der Waals surface area contributed by atoms with Crippen LogP contribution in [-0.2, 0) is 26.6 Å². The lowest BCUT2D eigenvalue weighted by Gasteiger charge is -2.37. The molecule has 0 unspecified atom stereocenters. The van der Waals surface area contributed by atoms with E-state index in [0.717, 1.165) is 0 Å². The van der Waals surface area contributed by atoms with E-state index in [-0.39, 0.29) is 0 Å². The molecule has 6 fully saturated rings. The zero-order valence-electron chi connectivity index (χ0n) is 26.5. The number of hydrogen-bond donors (Lipinski definition) is 0. The van der Waals surface area contributed by atoms with E-state index in [2.05, 4.69) is 20.5 Å². The smallest absolute Gasteiger partial charge is 0.373 e. The van der Waals surface area contributed by atoms with Gasteiger partial charge in [0.05, 0.1) is 0 Å². The Bertz CT molecular complexity index is 646. The van der Waals surface area contributed by atoms with Crippen LogP contribution in [0, 0.1) is 0 Å². The van der Waals surface area contributed by atoms with Gasteiger partial charge >= 0.3 is 16.6 Å². The normalized spacial score (nSPS) is 26.8. The highest BCUT2D eigenvalue weighted by Crippen LogP contribution is 2.42. The first-order chi connectivity index (χ1) is 21.2. The van der Waals surface area contributed by atoms with Crippen molar-refractivity contribution in [2.45, 2.75) is 191 Å². The van der Waals surface area contributed by atoms with Gasteiger partial charge in [-0.15, -0.1) is 20.5 Å². The molecule has 0 heterocycles.